The van der Waals surface area contributed by atoms with Crippen molar-refractivity contribution >= 4 is 23.5 Å². The molecule has 1 saturated heterocycles. The Hall–Kier alpha value is -2.41. The van der Waals surface area contributed by atoms with Crippen LogP contribution in [-0.4, -0.2) is 53.6 Å². The smallest absolute Gasteiger partial charge is 0.306 e. The normalized spacial score (nSPS) is 25.3. The van der Waals surface area contributed by atoms with Gasteiger partial charge in [0.05, 0.1) is 19.1 Å². The molecule has 0 aromatic heterocycles. The van der Waals surface area contributed by atoms with Crippen LogP contribution in [0.25, 0.3) is 0 Å². The van der Waals surface area contributed by atoms with E-state index in [1.807, 2.05) is 6.92 Å². The maximum absolute atomic E-state index is 12.7. The third-order valence-corrected chi connectivity index (χ3v) is 4.65. The number of nitrogens with one attached hydrogen (secondary N) is 1. The number of amides is 2. The fraction of sp³-hybridized carbons (Fsp3) is 0.500. The van der Waals surface area contributed by atoms with Crippen LogP contribution in [0.5, 0.6) is 0 Å². The molecule has 1 aliphatic heterocycles. The van der Waals surface area contributed by atoms with Crippen LogP contribution < -0.4 is 5.32 Å². The van der Waals surface area contributed by atoms with Gasteiger partial charge in [0.2, 0.25) is 5.91 Å². The highest BCUT2D eigenvalue weighted by molar-refractivity contribution is 5.98. The second kappa shape index (κ2) is 7.23. The van der Waals surface area contributed by atoms with Crippen LogP contribution in [0.2, 0.25) is 0 Å². The minimum Gasteiger partial charge on any atom is -0.481 e. The van der Waals surface area contributed by atoms with Gasteiger partial charge in [-0.1, -0.05) is 13.0 Å². The lowest BCUT2D eigenvalue weighted by atomic mass is 10.1. The summed E-state index contributed by atoms with van der Waals surface area (Å²) < 4.78 is 5.39. The number of carboxylic acids is 1. The molecule has 0 spiro atoms. The van der Waals surface area contributed by atoms with E-state index < -0.39 is 12.1 Å². The number of morpholine rings is 1. The average Bonchev–Trinajstić information content (AvgIpc) is 3.31. The van der Waals surface area contributed by atoms with Gasteiger partial charge < -0.3 is 20.1 Å². The Kier molecular flexibility index (Phi) is 5.03. The number of carbonyl (C=O) groups excluding carboxylic acids is 2. The van der Waals surface area contributed by atoms with Gasteiger partial charge in [-0.25, -0.2) is 0 Å². The Morgan fingerprint density at radius 3 is 2.80 bits per heavy atom. The highest BCUT2D eigenvalue weighted by atomic mass is 16.5. The first-order valence-corrected chi connectivity index (χ1v) is 8.47. The largest absolute Gasteiger partial charge is 0.481 e. The van der Waals surface area contributed by atoms with Crippen molar-refractivity contribution in [1.82, 2.24) is 4.90 Å². The van der Waals surface area contributed by atoms with Crippen LogP contribution >= 0.6 is 0 Å². The minimum absolute atomic E-state index is 0.00927. The zero-order valence-corrected chi connectivity index (χ0v) is 14.1. The van der Waals surface area contributed by atoms with Crippen molar-refractivity contribution in [1.29, 1.82) is 0 Å². The summed E-state index contributed by atoms with van der Waals surface area (Å²) in [5.74, 6) is -0.655. The third kappa shape index (κ3) is 4.36. The van der Waals surface area contributed by atoms with Gasteiger partial charge in [0.15, 0.2) is 0 Å². The van der Waals surface area contributed by atoms with Gasteiger partial charge >= 0.3 is 5.97 Å². The Bertz CT molecular complexity index is 690. The summed E-state index contributed by atoms with van der Waals surface area (Å²) in [6, 6.07) is 6.84. The first kappa shape index (κ1) is 17.4. The molecule has 3 atom stereocenters. The van der Waals surface area contributed by atoms with E-state index in [4.69, 9.17) is 9.84 Å². The molecule has 7 nitrogen and oxygen atoms in total. The molecule has 2 N–H and O–H groups in total. The Morgan fingerprint density at radius 2 is 2.12 bits per heavy atom. The predicted octanol–water partition coefficient (Wildman–Crippen LogP) is 1.60. The van der Waals surface area contributed by atoms with Gasteiger partial charge in [-0.15, -0.1) is 0 Å². The fourth-order valence-corrected chi connectivity index (χ4v) is 3.06. The molecule has 2 aliphatic rings. The second-order valence-corrected chi connectivity index (χ2v) is 6.73. The summed E-state index contributed by atoms with van der Waals surface area (Å²) in [6.45, 7) is 3.03. The van der Waals surface area contributed by atoms with Crippen molar-refractivity contribution in [2.45, 2.75) is 25.9 Å². The molecular weight excluding hydrogens is 324 g/mol. The molecule has 2 amide bonds. The Labute approximate surface area is 146 Å². The highest BCUT2D eigenvalue weighted by Crippen LogP contribution is 2.38. The summed E-state index contributed by atoms with van der Waals surface area (Å²) in [5, 5.41) is 11.7. The van der Waals surface area contributed by atoms with Gasteiger partial charge in [0.25, 0.3) is 5.91 Å². The zero-order chi connectivity index (χ0) is 18.0. The standard InChI is InChI=1S/C18H22N2O5/c1-11-7-15(11)17(23)19-13-4-2-3-12(8-13)18(24)20-5-6-25-14(10-20)9-16(21)22/h2-4,8,11,14-15H,5-7,9-10H2,1H3,(H,19,23)(H,21,22). The molecule has 7 heteroatoms. The number of aliphatic carboxylic acids is 1. The summed E-state index contributed by atoms with van der Waals surface area (Å²) in [6.07, 6.45) is 0.289. The molecule has 3 rings (SSSR count). The molecule has 1 heterocycles. The van der Waals surface area contributed by atoms with Gasteiger partial charge in [-0.05, 0) is 30.5 Å². The van der Waals surface area contributed by atoms with Crippen LogP contribution in [0, 0.1) is 11.8 Å². The summed E-state index contributed by atoms with van der Waals surface area (Å²) >= 11 is 0. The van der Waals surface area contributed by atoms with Gasteiger partial charge in [0, 0.05) is 30.3 Å². The van der Waals surface area contributed by atoms with Crippen molar-refractivity contribution in [2.24, 2.45) is 11.8 Å². The lowest BCUT2D eigenvalue weighted by Gasteiger charge is -2.32. The van der Waals surface area contributed by atoms with Gasteiger partial charge in [0.1, 0.15) is 0 Å². The minimum atomic E-state index is -0.946. The number of ether oxygens (including phenoxy) is 1. The van der Waals surface area contributed by atoms with Crippen LogP contribution in [0.4, 0.5) is 5.69 Å². The average molecular weight is 346 g/mol. The van der Waals surface area contributed by atoms with E-state index in [0.29, 0.717) is 30.3 Å². The summed E-state index contributed by atoms with van der Waals surface area (Å²) in [5.41, 5.74) is 1.07. The molecule has 1 saturated carbocycles. The van der Waals surface area contributed by atoms with E-state index in [-0.39, 0.29) is 30.7 Å². The number of hydrogen-bond donors (Lipinski definition) is 2. The van der Waals surface area contributed by atoms with Crippen molar-refractivity contribution in [3.8, 4) is 0 Å². The SMILES string of the molecule is CC1CC1C(=O)Nc1cccc(C(=O)N2CCOC(CC(=O)O)C2)c1. The molecule has 2 fully saturated rings. The monoisotopic (exact) mass is 346 g/mol. The number of hydrogen-bond acceptors (Lipinski definition) is 4. The molecule has 0 bridgehead atoms. The van der Waals surface area contributed by atoms with Gasteiger partial charge in [-0.3, -0.25) is 14.4 Å². The number of carboxylic acid groups (broad SMARTS) is 1. The van der Waals surface area contributed by atoms with E-state index in [9.17, 15) is 14.4 Å². The number of rotatable bonds is 5. The van der Waals surface area contributed by atoms with Crippen molar-refractivity contribution in [3.05, 3.63) is 29.8 Å². The number of benzene rings is 1. The van der Waals surface area contributed by atoms with E-state index >= 15 is 0 Å². The topological polar surface area (TPSA) is 95.9 Å². The Balaban J connectivity index is 1.64. The van der Waals surface area contributed by atoms with E-state index in [1.165, 1.54) is 0 Å². The second-order valence-electron chi connectivity index (χ2n) is 6.73. The summed E-state index contributed by atoms with van der Waals surface area (Å²) in [7, 11) is 0. The molecule has 1 aromatic rings. The molecular formula is C18H22N2O5. The van der Waals surface area contributed by atoms with Crippen molar-refractivity contribution in [2.75, 3.05) is 25.0 Å². The zero-order valence-electron chi connectivity index (χ0n) is 14.1. The number of nitrogens with zero attached hydrogens (tertiary/aromatic N) is 1. The van der Waals surface area contributed by atoms with Gasteiger partial charge in [-0.2, -0.15) is 0 Å². The lowest BCUT2D eigenvalue weighted by molar-refractivity contribution is -0.141. The highest BCUT2D eigenvalue weighted by Gasteiger charge is 2.39. The molecule has 25 heavy (non-hydrogen) atoms. The number of anilines is 1. The van der Waals surface area contributed by atoms with E-state index in [0.717, 1.165) is 6.42 Å². The van der Waals surface area contributed by atoms with Crippen LogP contribution in [0.1, 0.15) is 30.1 Å². The molecule has 134 valence electrons. The fourth-order valence-electron chi connectivity index (χ4n) is 3.06. The van der Waals surface area contributed by atoms with Crippen LogP contribution in [-0.2, 0) is 14.3 Å². The quantitative estimate of drug-likeness (QED) is 0.844. The first-order valence-electron chi connectivity index (χ1n) is 8.47. The Morgan fingerprint density at radius 1 is 1.36 bits per heavy atom. The third-order valence-electron chi connectivity index (χ3n) is 4.65. The summed E-state index contributed by atoms with van der Waals surface area (Å²) in [4.78, 5) is 37.1. The predicted molar refractivity (Wildman–Crippen MR) is 90.2 cm³/mol. The van der Waals surface area contributed by atoms with Crippen molar-refractivity contribution < 1.29 is 24.2 Å². The van der Waals surface area contributed by atoms with Crippen LogP contribution in [0.3, 0.4) is 0 Å². The molecule has 0 radical (unpaired) electrons. The molecule has 1 aromatic carbocycles. The van der Waals surface area contributed by atoms with Crippen LogP contribution in [0.15, 0.2) is 24.3 Å². The van der Waals surface area contributed by atoms with Crippen molar-refractivity contribution in [3.63, 3.8) is 0 Å². The lowest BCUT2D eigenvalue weighted by Crippen LogP contribution is -2.46. The van der Waals surface area contributed by atoms with E-state index in [2.05, 4.69) is 5.32 Å². The maximum Gasteiger partial charge on any atom is 0.306 e. The number of carbonyl (C=O) groups is 3. The first-order chi connectivity index (χ1) is 11.9. The molecule has 3 unspecified atom stereocenters. The maximum atomic E-state index is 12.7. The van der Waals surface area contributed by atoms with E-state index in [1.54, 1.807) is 29.2 Å². The molecule has 1 aliphatic carbocycles.